The number of nitrogens with two attached hydrogens (primary N) is 1. The quantitative estimate of drug-likeness (QED) is 0.228. The second-order valence-electron chi connectivity index (χ2n) is 5.07. The number of carbonyl (C=O) groups excluding carboxylic acids is 2. The van der Waals surface area contributed by atoms with Gasteiger partial charge in [-0.1, -0.05) is 41.9 Å². The smallest absolute Gasteiger partial charge is 0.365 e. The molecule has 0 aliphatic carbocycles. The molecule has 0 radical (unpaired) electrons. The monoisotopic (exact) mass is 326 g/mol. The van der Waals surface area contributed by atoms with Crippen LogP contribution >= 0.6 is 0 Å². The molecule has 0 saturated heterocycles. The molecule has 24 heavy (non-hydrogen) atoms. The molecule has 0 spiro atoms. The van der Waals surface area contributed by atoms with Gasteiger partial charge in [0.1, 0.15) is 5.75 Å². The van der Waals surface area contributed by atoms with E-state index in [-0.39, 0.29) is 23.8 Å². The molecule has 2 rings (SSSR count). The summed E-state index contributed by atoms with van der Waals surface area (Å²) < 4.78 is 5.03. The Morgan fingerprint density at radius 2 is 1.58 bits per heavy atom. The molecule has 6 nitrogen and oxygen atoms in total. The molecule has 0 atom stereocenters. The molecule has 2 aromatic rings. The Morgan fingerprint density at radius 3 is 2.17 bits per heavy atom. The van der Waals surface area contributed by atoms with Crippen molar-refractivity contribution < 1.29 is 19.2 Å². The second-order valence-corrected chi connectivity index (χ2v) is 5.07. The van der Waals surface area contributed by atoms with E-state index in [2.05, 4.69) is 5.16 Å². The number of oxime groups is 1. The topological polar surface area (TPSA) is 91.0 Å². The minimum Gasteiger partial charge on any atom is -0.427 e. The van der Waals surface area contributed by atoms with E-state index in [4.69, 9.17) is 15.3 Å². The SMILES string of the molecule is CCC(=O)Oc1ccc(C(=O)O/N=C(\N)c2ccc(C)cc2)cc1. The third-order valence-electron chi connectivity index (χ3n) is 3.18. The Bertz CT molecular complexity index is 750. The van der Waals surface area contributed by atoms with Crippen molar-refractivity contribution in [1.29, 1.82) is 0 Å². The molecule has 0 heterocycles. The zero-order valence-electron chi connectivity index (χ0n) is 13.5. The largest absolute Gasteiger partial charge is 0.427 e. The minimum absolute atomic E-state index is 0.108. The maximum atomic E-state index is 11.9. The molecule has 2 aromatic carbocycles. The van der Waals surface area contributed by atoms with Crippen LogP contribution in [0.15, 0.2) is 53.7 Å². The summed E-state index contributed by atoms with van der Waals surface area (Å²) in [6.45, 7) is 3.66. The van der Waals surface area contributed by atoms with Crippen molar-refractivity contribution in [2.45, 2.75) is 20.3 Å². The van der Waals surface area contributed by atoms with Crippen LogP contribution in [0.1, 0.15) is 34.8 Å². The summed E-state index contributed by atoms with van der Waals surface area (Å²) in [4.78, 5) is 28.0. The summed E-state index contributed by atoms with van der Waals surface area (Å²) in [5.74, 6) is -0.530. The van der Waals surface area contributed by atoms with E-state index in [1.54, 1.807) is 19.1 Å². The highest BCUT2D eigenvalue weighted by Crippen LogP contribution is 2.14. The summed E-state index contributed by atoms with van der Waals surface area (Å²) in [6, 6.07) is 13.3. The lowest BCUT2D eigenvalue weighted by atomic mass is 10.1. The van der Waals surface area contributed by atoms with Gasteiger partial charge in [0.2, 0.25) is 0 Å². The van der Waals surface area contributed by atoms with Crippen LogP contribution < -0.4 is 10.5 Å². The van der Waals surface area contributed by atoms with Crippen molar-refractivity contribution in [3.8, 4) is 5.75 Å². The van der Waals surface area contributed by atoms with Gasteiger partial charge < -0.3 is 15.3 Å². The lowest BCUT2D eigenvalue weighted by Crippen LogP contribution is -2.15. The number of amidine groups is 1. The van der Waals surface area contributed by atoms with Crippen LogP contribution in [0.25, 0.3) is 0 Å². The number of esters is 1. The van der Waals surface area contributed by atoms with E-state index in [1.807, 2.05) is 19.1 Å². The van der Waals surface area contributed by atoms with Crippen LogP contribution in [0, 0.1) is 6.92 Å². The number of hydrogen-bond donors (Lipinski definition) is 1. The second kappa shape index (κ2) is 7.92. The number of rotatable bonds is 5. The Labute approximate surface area is 139 Å². The third kappa shape index (κ3) is 4.67. The predicted octanol–water partition coefficient (Wildman–Crippen LogP) is 2.79. The van der Waals surface area contributed by atoms with Crippen LogP contribution in [-0.4, -0.2) is 17.8 Å². The molecule has 2 N–H and O–H groups in total. The Morgan fingerprint density at radius 1 is 1.00 bits per heavy atom. The van der Waals surface area contributed by atoms with E-state index >= 15 is 0 Å². The van der Waals surface area contributed by atoms with E-state index in [9.17, 15) is 9.59 Å². The first-order valence-electron chi connectivity index (χ1n) is 7.42. The molecule has 124 valence electrons. The lowest BCUT2D eigenvalue weighted by molar-refractivity contribution is -0.134. The molecule has 0 aromatic heterocycles. The zero-order valence-corrected chi connectivity index (χ0v) is 13.5. The van der Waals surface area contributed by atoms with Crippen LogP contribution in [0.4, 0.5) is 0 Å². The van der Waals surface area contributed by atoms with Gasteiger partial charge >= 0.3 is 11.9 Å². The predicted molar refractivity (Wildman–Crippen MR) is 89.7 cm³/mol. The van der Waals surface area contributed by atoms with Crippen molar-refractivity contribution >= 4 is 17.8 Å². The van der Waals surface area contributed by atoms with Crippen LogP contribution in [0.5, 0.6) is 5.75 Å². The fourth-order valence-corrected chi connectivity index (χ4v) is 1.78. The van der Waals surface area contributed by atoms with Gasteiger partial charge in [-0.2, -0.15) is 0 Å². The number of carbonyl (C=O) groups is 2. The minimum atomic E-state index is -0.654. The molecular weight excluding hydrogens is 308 g/mol. The first-order chi connectivity index (χ1) is 11.5. The molecule has 0 bridgehead atoms. The molecular formula is C18H18N2O4. The Balaban J connectivity index is 2.00. The molecule has 0 aliphatic heterocycles. The van der Waals surface area contributed by atoms with Crippen molar-refractivity contribution in [2.75, 3.05) is 0 Å². The average Bonchev–Trinajstić information content (AvgIpc) is 2.60. The standard InChI is InChI=1S/C18H18N2O4/c1-3-16(21)23-15-10-8-14(9-11-15)18(22)24-20-17(19)13-6-4-12(2)5-7-13/h4-11H,3H2,1-2H3,(H2,19,20). The summed E-state index contributed by atoms with van der Waals surface area (Å²) >= 11 is 0. The maximum absolute atomic E-state index is 11.9. The highest BCUT2D eigenvalue weighted by Gasteiger charge is 2.09. The van der Waals surface area contributed by atoms with Gasteiger partial charge in [-0.25, -0.2) is 4.79 Å². The van der Waals surface area contributed by atoms with Gasteiger partial charge in [-0.05, 0) is 31.2 Å². The van der Waals surface area contributed by atoms with Crippen LogP contribution in [-0.2, 0) is 9.63 Å². The van der Waals surface area contributed by atoms with Gasteiger partial charge in [-0.15, -0.1) is 0 Å². The summed E-state index contributed by atoms with van der Waals surface area (Å²) in [7, 11) is 0. The van der Waals surface area contributed by atoms with Gasteiger partial charge in [0.25, 0.3) is 0 Å². The van der Waals surface area contributed by atoms with E-state index in [0.717, 1.165) is 5.56 Å². The van der Waals surface area contributed by atoms with Gasteiger partial charge in [0.05, 0.1) is 5.56 Å². The normalized spacial score (nSPS) is 11.0. The molecule has 0 aliphatic rings. The zero-order chi connectivity index (χ0) is 17.5. The summed E-state index contributed by atoms with van der Waals surface area (Å²) in [5.41, 5.74) is 7.80. The molecule has 0 saturated carbocycles. The fraction of sp³-hybridized carbons (Fsp3) is 0.167. The first-order valence-corrected chi connectivity index (χ1v) is 7.42. The number of ether oxygens (including phenoxy) is 1. The summed E-state index contributed by atoms with van der Waals surface area (Å²) in [6.07, 6.45) is 0.275. The van der Waals surface area contributed by atoms with Gasteiger partial charge in [0, 0.05) is 12.0 Å². The third-order valence-corrected chi connectivity index (χ3v) is 3.18. The van der Waals surface area contributed by atoms with E-state index in [1.165, 1.54) is 24.3 Å². The van der Waals surface area contributed by atoms with Crippen molar-refractivity contribution in [1.82, 2.24) is 0 Å². The van der Waals surface area contributed by atoms with Gasteiger partial charge in [-0.3, -0.25) is 4.79 Å². The fourth-order valence-electron chi connectivity index (χ4n) is 1.78. The first kappa shape index (κ1) is 17.2. The summed E-state index contributed by atoms with van der Waals surface area (Å²) in [5, 5.41) is 3.64. The molecule has 6 heteroatoms. The van der Waals surface area contributed by atoms with Crippen molar-refractivity contribution in [3.05, 3.63) is 65.2 Å². The van der Waals surface area contributed by atoms with Crippen molar-refractivity contribution in [2.24, 2.45) is 10.9 Å². The molecule has 0 amide bonds. The average molecular weight is 326 g/mol. The lowest BCUT2D eigenvalue weighted by Gasteiger charge is -2.04. The number of nitrogens with zero attached hydrogens (tertiary/aromatic N) is 1. The molecule has 0 fully saturated rings. The highest BCUT2D eigenvalue weighted by molar-refractivity contribution is 5.98. The Kier molecular flexibility index (Phi) is 5.68. The number of hydrogen-bond acceptors (Lipinski definition) is 5. The molecule has 0 unspecified atom stereocenters. The van der Waals surface area contributed by atoms with Crippen LogP contribution in [0.3, 0.4) is 0 Å². The van der Waals surface area contributed by atoms with E-state index in [0.29, 0.717) is 11.3 Å². The van der Waals surface area contributed by atoms with E-state index < -0.39 is 5.97 Å². The highest BCUT2D eigenvalue weighted by atomic mass is 16.7. The Hall–Kier alpha value is -3.15. The van der Waals surface area contributed by atoms with Crippen molar-refractivity contribution in [3.63, 3.8) is 0 Å². The van der Waals surface area contributed by atoms with Crippen LogP contribution in [0.2, 0.25) is 0 Å². The number of benzene rings is 2. The maximum Gasteiger partial charge on any atom is 0.365 e. The van der Waals surface area contributed by atoms with Gasteiger partial charge in [0.15, 0.2) is 5.84 Å². The number of aryl methyl sites for hydroxylation is 1.